The van der Waals surface area contributed by atoms with Gasteiger partial charge >= 0.3 is 0 Å². The number of aromatic nitrogens is 1. The normalized spacial score (nSPS) is 10.9. The fraction of sp³-hybridized carbons (Fsp3) is 0.0833. The topological polar surface area (TPSA) is 26.0 Å². The van der Waals surface area contributed by atoms with E-state index < -0.39 is 0 Å². The summed E-state index contributed by atoms with van der Waals surface area (Å²) in [6.07, 6.45) is 7.04. The molecule has 0 fully saturated rings. The molecule has 1 aromatic carbocycles. The highest BCUT2D eigenvalue weighted by Crippen LogP contribution is 2.08. The minimum Gasteiger partial charge on any atom is -0.445 e. The predicted molar refractivity (Wildman–Crippen MR) is 56.6 cm³/mol. The Balaban J connectivity index is 2.18. The maximum Gasteiger partial charge on any atom is 0.218 e. The summed E-state index contributed by atoms with van der Waals surface area (Å²) in [5, 5.41) is 0. The van der Waals surface area contributed by atoms with E-state index in [9.17, 15) is 0 Å². The lowest BCUT2D eigenvalue weighted by atomic mass is 10.1. The number of hydrogen-bond donors (Lipinski definition) is 0. The molecule has 0 atom stereocenters. The first-order chi connectivity index (χ1) is 6.84. The number of benzene rings is 1. The lowest BCUT2D eigenvalue weighted by molar-refractivity contribution is 0.547. The van der Waals surface area contributed by atoms with Gasteiger partial charge in [-0.25, -0.2) is 4.98 Å². The summed E-state index contributed by atoms with van der Waals surface area (Å²) in [6, 6.07) is 8.26. The van der Waals surface area contributed by atoms with Crippen LogP contribution in [-0.2, 0) is 0 Å². The first-order valence-corrected chi connectivity index (χ1v) is 4.49. The Kier molecular flexibility index (Phi) is 2.45. The Hall–Kier alpha value is -1.83. The second kappa shape index (κ2) is 3.92. The van der Waals surface area contributed by atoms with Crippen LogP contribution in [0.1, 0.15) is 17.0 Å². The zero-order valence-electron chi connectivity index (χ0n) is 7.97. The lowest BCUT2D eigenvalue weighted by Crippen LogP contribution is -1.74. The van der Waals surface area contributed by atoms with Crippen LogP contribution in [0, 0.1) is 6.92 Å². The molecule has 2 aromatic rings. The van der Waals surface area contributed by atoms with Crippen LogP contribution in [0.5, 0.6) is 0 Å². The Bertz CT molecular complexity index is 429. The molecule has 2 nitrogen and oxygen atoms in total. The molecule has 2 heteroatoms. The van der Waals surface area contributed by atoms with Crippen molar-refractivity contribution in [1.82, 2.24) is 4.98 Å². The maximum atomic E-state index is 5.09. The van der Waals surface area contributed by atoms with Crippen molar-refractivity contribution in [1.29, 1.82) is 0 Å². The van der Waals surface area contributed by atoms with Crippen LogP contribution in [-0.4, -0.2) is 4.98 Å². The second-order valence-electron chi connectivity index (χ2n) is 3.12. The van der Waals surface area contributed by atoms with E-state index in [1.165, 1.54) is 5.56 Å². The molecule has 2 rings (SSSR count). The van der Waals surface area contributed by atoms with Crippen LogP contribution in [0.4, 0.5) is 0 Å². The maximum absolute atomic E-state index is 5.09. The molecular weight excluding hydrogens is 174 g/mol. The molecule has 0 saturated heterocycles. The molecule has 0 aliphatic rings. The Morgan fingerprint density at radius 2 is 2.21 bits per heavy atom. The molecule has 0 saturated carbocycles. The van der Waals surface area contributed by atoms with Crippen LogP contribution >= 0.6 is 0 Å². The van der Waals surface area contributed by atoms with Crippen molar-refractivity contribution in [2.45, 2.75) is 6.92 Å². The second-order valence-corrected chi connectivity index (χ2v) is 3.12. The first kappa shape index (κ1) is 8.75. The number of oxazole rings is 1. The Labute approximate surface area is 82.9 Å². The fourth-order valence-corrected chi connectivity index (χ4v) is 1.26. The molecule has 1 aromatic heterocycles. The molecule has 0 radical (unpaired) electrons. The highest BCUT2D eigenvalue weighted by atomic mass is 16.3. The van der Waals surface area contributed by atoms with Gasteiger partial charge in [-0.15, -0.1) is 0 Å². The van der Waals surface area contributed by atoms with Gasteiger partial charge in [0.2, 0.25) is 5.89 Å². The van der Waals surface area contributed by atoms with E-state index in [4.69, 9.17) is 4.42 Å². The van der Waals surface area contributed by atoms with E-state index in [0.717, 1.165) is 5.56 Å². The van der Waals surface area contributed by atoms with Gasteiger partial charge in [0, 0.05) is 6.08 Å². The predicted octanol–water partition coefficient (Wildman–Crippen LogP) is 3.15. The zero-order valence-corrected chi connectivity index (χ0v) is 7.97. The molecule has 0 N–H and O–H groups in total. The number of rotatable bonds is 2. The summed E-state index contributed by atoms with van der Waals surface area (Å²) in [4.78, 5) is 4.00. The summed E-state index contributed by atoms with van der Waals surface area (Å²) < 4.78 is 5.09. The molecule has 0 amide bonds. The first-order valence-electron chi connectivity index (χ1n) is 4.49. The van der Waals surface area contributed by atoms with Crippen molar-refractivity contribution in [2.75, 3.05) is 0 Å². The molecule has 0 aliphatic heterocycles. The number of nitrogens with zero attached hydrogens (tertiary/aromatic N) is 1. The average molecular weight is 185 g/mol. The third kappa shape index (κ3) is 2.10. The van der Waals surface area contributed by atoms with E-state index in [-0.39, 0.29) is 0 Å². The van der Waals surface area contributed by atoms with E-state index in [2.05, 4.69) is 24.0 Å². The average Bonchev–Trinajstić information content (AvgIpc) is 2.67. The summed E-state index contributed by atoms with van der Waals surface area (Å²) in [7, 11) is 0. The van der Waals surface area contributed by atoms with Crippen molar-refractivity contribution < 1.29 is 4.42 Å². The summed E-state index contributed by atoms with van der Waals surface area (Å²) in [6.45, 7) is 2.07. The molecule has 0 bridgehead atoms. The number of aryl methyl sites for hydroxylation is 1. The molecule has 14 heavy (non-hydrogen) atoms. The van der Waals surface area contributed by atoms with Gasteiger partial charge < -0.3 is 4.42 Å². The number of hydrogen-bond acceptors (Lipinski definition) is 2. The van der Waals surface area contributed by atoms with Gasteiger partial charge in [0.05, 0.1) is 6.20 Å². The van der Waals surface area contributed by atoms with E-state index in [1.54, 1.807) is 12.5 Å². The van der Waals surface area contributed by atoms with Crippen LogP contribution in [0.3, 0.4) is 0 Å². The van der Waals surface area contributed by atoms with Crippen LogP contribution < -0.4 is 0 Å². The summed E-state index contributed by atoms with van der Waals surface area (Å²) >= 11 is 0. The van der Waals surface area contributed by atoms with Gasteiger partial charge in [-0.2, -0.15) is 0 Å². The monoisotopic (exact) mass is 185 g/mol. The van der Waals surface area contributed by atoms with Crippen molar-refractivity contribution in [3.63, 3.8) is 0 Å². The van der Waals surface area contributed by atoms with E-state index >= 15 is 0 Å². The third-order valence-corrected chi connectivity index (χ3v) is 1.91. The standard InChI is InChI=1S/C12H11NO/c1-10-3-2-4-11(9-10)5-6-12-13-7-8-14-12/h2-9H,1H3. The minimum atomic E-state index is 0.631. The fourth-order valence-electron chi connectivity index (χ4n) is 1.26. The van der Waals surface area contributed by atoms with Crippen LogP contribution in [0.2, 0.25) is 0 Å². The van der Waals surface area contributed by atoms with Gasteiger partial charge in [-0.1, -0.05) is 29.8 Å². The Morgan fingerprint density at radius 1 is 1.29 bits per heavy atom. The van der Waals surface area contributed by atoms with Crippen LogP contribution in [0.15, 0.2) is 41.1 Å². The van der Waals surface area contributed by atoms with Crippen molar-refractivity contribution in [2.24, 2.45) is 0 Å². The quantitative estimate of drug-likeness (QED) is 0.718. The summed E-state index contributed by atoms with van der Waals surface area (Å²) in [5.41, 5.74) is 2.41. The van der Waals surface area contributed by atoms with Gasteiger partial charge in [-0.05, 0) is 18.6 Å². The van der Waals surface area contributed by atoms with Gasteiger partial charge in [0.15, 0.2) is 0 Å². The SMILES string of the molecule is Cc1cccc(C=Cc2ncco2)c1. The minimum absolute atomic E-state index is 0.631. The lowest BCUT2D eigenvalue weighted by Gasteiger charge is -1.94. The third-order valence-electron chi connectivity index (χ3n) is 1.91. The Morgan fingerprint density at radius 3 is 2.93 bits per heavy atom. The smallest absolute Gasteiger partial charge is 0.218 e. The molecule has 0 aliphatic carbocycles. The molecule has 1 heterocycles. The van der Waals surface area contributed by atoms with E-state index in [1.807, 2.05) is 24.3 Å². The van der Waals surface area contributed by atoms with Crippen molar-refractivity contribution in [3.05, 3.63) is 53.7 Å². The molecule has 0 unspecified atom stereocenters. The largest absolute Gasteiger partial charge is 0.445 e. The highest BCUT2D eigenvalue weighted by molar-refractivity contribution is 5.66. The van der Waals surface area contributed by atoms with Gasteiger partial charge in [0.25, 0.3) is 0 Å². The van der Waals surface area contributed by atoms with E-state index in [0.29, 0.717) is 5.89 Å². The van der Waals surface area contributed by atoms with Crippen molar-refractivity contribution >= 4 is 12.2 Å². The van der Waals surface area contributed by atoms with Gasteiger partial charge in [0.1, 0.15) is 6.26 Å². The van der Waals surface area contributed by atoms with Crippen molar-refractivity contribution in [3.8, 4) is 0 Å². The zero-order chi connectivity index (χ0) is 9.80. The van der Waals surface area contributed by atoms with Gasteiger partial charge in [-0.3, -0.25) is 0 Å². The van der Waals surface area contributed by atoms with Crippen LogP contribution in [0.25, 0.3) is 12.2 Å². The molecule has 70 valence electrons. The highest BCUT2D eigenvalue weighted by Gasteiger charge is 1.90. The molecule has 0 spiro atoms. The molecular formula is C12H11NO. The summed E-state index contributed by atoms with van der Waals surface area (Å²) in [5.74, 6) is 0.631.